The number of benzene rings is 1. The van der Waals surface area contributed by atoms with Crippen LogP contribution in [0, 0.1) is 22.7 Å². The van der Waals surface area contributed by atoms with Gasteiger partial charge in [0.2, 0.25) is 5.71 Å². The Bertz CT molecular complexity index is 461. The molecule has 17 heavy (non-hydrogen) atoms. The van der Waals surface area contributed by atoms with Gasteiger partial charge in [0.1, 0.15) is 17.9 Å². The molecule has 0 bridgehead atoms. The largest absolute Gasteiger partial charge is 0.491 e. The maximum Gasteiger partial charge on any atom is 0.237 e. The van der Waals surface area contributed by atoms with Gasteiger partial charge in [-0.2, -0.15) is 15.6 Å². The molecule has 0 aliphatic rings. The number of nitriles is 2. The lowest BCUT2D eigenvalue weighted by atomic mass is 10.3. The molecule has 0 saturated carbocycles. The summed E-state index contributed by atoms with van der Waals surface area (Å²) in [6, 6.07) is 10.4. The summed E-state index contributed by atoms with van der Waals surface area (Å²) in [5.41, 5.74) is 3.08. The fourth-order valence-electron chi connectivity index (χ4n) is 1.08. The summed E-state index contributed by atoms with van der Waals surface area (Å²) < 4.78 is 5.47. The van der Waals surface area contributed by atoms with Gasteiger partial charge in [-0.1, -0.05) is 0 Å². The number of anilines is 1. The summed E-state index contributed by atoms with van der Waals surface area (Å²) in [4.78, 5) is 0. The van der Waals surface area contributed by atoms with Crippen LogP contribution < -0.4 is 10.2 Å². The first-order chi connectivity index (χ1) is 8.15. The zero-order valence-corrected chi connectivity index (χ0v) is 9.64. The highest BCUT2D eigenvalue weighted by atomic mass is 16.5. The predicted octanol–water partition coefficient (Wildman–Crippen LogP) is 2.29. The average molecular weight is 228 g/mol. The summed E-state index contributed by atoms with van der Waals surface area (Å²) in [5.74, 6) is 0.760. The zero-order chi connectivity index (χ0) is 12.7. The van der Waals surface area contributed by atoms with E-state index < -0.39 is 0 Å². The Morgan fingerprint density at radius 3 is 2.29 bits per heavy atom. The molecule has 0 aliphatic carbocycles. The minimum Gasteiger partial charge on any atom is -0.491 e. The fraction of sp³-hybridized carbons (Fsp3) is 0.250. The lowest BCUT2D eigenvalue weighted by Crippen LogP contribution is -2.05. The number of nitrogens with one attached hydrogen (secondary N) is 1. The van der Waals surface area contributed by atoms with Gasteiger partial charge < -0.3 is 4.74 Å². The molecule has 0 saturated heterocycles. The van der Waals surface area contributed by atoms with Gasteiger partial charge in [-0.05, 0) is 38.1 Å². The van der Waals surface area contributed by atoms with Crippen LogP contribution in [0.15, 0.2) is 29.4 Å². The standard InChI is InChI=1S/C12H12N4O/c1-9(2)17-12-5-3-10(4-6-12)15-16-11(7-13)8-14/h3-6,9,15H,1-2H3. The van der Waals surface area contributed by atoms with Crippen molar-refractivity contribution in [2.24, 2.45) is 5.10 Å². The van der Waals surface area contributed by atoms with Crippen LogP contribution in [-0.4, -0.2) is 11.8 Å². The molecule has 5 heteroatoms. The Morgan fingerprint density at radius 1 is 1.24 bits per heavy atom. The van der Waals surface area contributed by atoms with E-state index in [0.29, 0.717) is 5.69 Å². The average Bonchev–Trinajstić information content (AvgIpc) is 2.32. The molecule has 1 aromatic rings. The molecule has 0 atom stereocenters. The molecule has 1 rings (SSSR count). The highest BCUT2D eigenvalue weighted by Gasteiger charge is 1.98. The summed E-state index contributed by atoms with van der Waals surface area (Å²) >= 11 is 0. The van der Waals surface area contributed by atoms with Crippen molar-refractivity contribution in [3.63, 3.8) is 0 Å². The van der Waals surface area contributed by atoms with Crippen molar-refractivity contribution < 1.29 is 4.74 Å². The van der Waals surface area contributed by atoms with Crippen molar-refractivity contribution in [2.75, 3.05) is 5.43 Å². The van der Waals surface area contributed by atoms with Crippen LogP contribution in [0.3, 0.4) is 0 Å². The van der Waals surface area contributed by atoms with Crippen molar-refractivity contribution in [1.82, 2.24) is 0 Å². The molecule has 1 N–H and O–H groups in total. The normalized spacial score (nSPS) is 9.00. The Morgan fingerprint density at radius 2 is 1.82 bits per heavy atom. The van der Waals surface area contributed by atoms with Crippen LogP contribution in [0.4, 0.5) is 5.69 Å². The van der Waals surface area contributed by atoms with Gasteiger partial charge in [-0.3, -0.25) is 5.43 Å². The molecule has 0 heterocycles. The molecule has 86 valence electrons. The second-order valence-corrected chi connectivity index (χ2v) is 3.49. The first kappa shape index (κ1) is 12.5. The lowest BCUT2D eigenvalue weighted by molar-refractivity contribution is 0.242. The number of nitrogens with zero attached hydrogens (tertiary/aromatic N) is 3. The number of hydrogen-bond acceptors (Lipinski definition) is 5. The van der Waals surface area contributed by atoms with Crippen molar-refractivity contribution in [3.05, 3.63) is 24.3 Å². The van der Waals surface area contributed by atoms with Crippen molar-refractivity contribution in [1.29, 1.82) is 10.5 Å². The van der Waals surface area contributed by atoms with Crippen molar-refractivity contribution in [2.45, 2.75) is 20.0 Å². The molecule has 0 fully saturated rings. The van der Waals surface area contributed by atoms with Gasteiger partial charge in [0, 0.05) is 0 Å². The third-order valence-corrected chi connectivity index (χ3v) is 1.73. The van der Waals surface area contributed by atoms with E-state index in [1.807, 2.05) is 13.8 Å². The monoisotopic (exact) mass is 228 g/mol. The second kappa shape index (κ2) is 6.14. The Hall–Kier alpha value is -2.53. The van der Waals surface area contributed by atoms with E-state index >= 15 is 0 Å². The third-order valence-electron chi connectivity index (χ3n) is 1.73. The topological polar surface area (TPSA) is 81.2 Å². The van der Waals surface area contributed by atoms with E-state index in [2.05, 4.69) is 10.5 Å². The van der Waals surface area contributed by atoms with Gasteiger partial charge in [-0.15, -0.1) is 0 Å². The van der Waals surface area contributed by atoms with Crippen molar-refractivity contribution >= 4 is 11.4 Å². The summed E-state index contributed by atoms with van der Waals surface area (Å²) in [6.07, 6.45) is 0.121. The van der Waals surface area contributed by atoms with E-state index in [9.17, 15) is 0 Å². The first-order valence-corrected chi connectivity index (χ1v) is 5.06. The van der Waals surface area contributed by atoms with E-state index in [-0.39, 0.29) is 11.8 Å². The van der Waals surface area contributed by atoms with E-state index in [4.69, 9.17) is 15.3 Å². The number of ether oxygens (including phenoxy) is 1. The summed E-state index contributed by atoms with van der Waals surface area (Å²) in [6.45, 7) is 3.89. The van der Waals surface area contributed by atoms with Gasteiger partial charge >= 0.3 is 0 Å². The van der Waals surface area contributed by atoms with Crippen LogP contribution in [0.2, 0.25) is 0 Å². The smallest absolute Gasteiger partial charge is 0.237 e. The number of hydrogen-bond donors (Lipinski definition) is 1. The Balaban J connectivity index is 2.67. The maximum atomic E-state index is 8.48. The molecule has 5 nitrogen and oxygen atoms in total. The van der Waals surface area contributed by atoms with Crippen LogP contribution in [0.1, 0.15) is 13.8 Å². The second-order valence-electron chi connectivity index (χ2n) is 3.49. The highest BCUT2D eigenvalue weighted by molar-refractivity contribution is 6.10. The van der Waals surface area contributed by atoms with Crippen molar-refractivity contribution in [3.8, 4) is 17.9 Å². The van der Waals surface area contributed by atoms with Crippen LogP contribution in [0.5, 0.6) is 5.75 Å². The van der Waals surface area contributed by atoms with E-state index in [0.717, 1.165) is 5.75 Å². The quantitative estimate of drug-likeness (QED) is 0.633. The first-order valence-electron chi connectivity index (χ1n) is 5.06. The van der Waals surface area contributed by atoms with Crippen LogP contribution in [0.25, 0.3) is 0 Å². The number of hydrazone groups is 1. The SMILES string of the molecule is CC(C)Oc1ccc(NN=C(C#N)C#N)cc1. The third kappa shape index (κ3) is 4.23. The Kier molecular flexibility index (Phi) is 4.53. The highest BCUT2D eigenvalue weighted by Crippen LogP contribution is 2.16. The molecule has 0 aromatic heterocycles. The molecule has 0 spiro atoms. The van der Waals surface area contributed by atoms with E-state index in [1.54, 1.807) is 36.4 Å². The molecular weight excluding hydrogens is 216 g/mol. The Labute approximate surface area is 99.9 Å². The molecule has 0 radical (unpaired) electrons. The van der Waals surface area contributed by atoms with Gasteiger partial charge in [0.15, 0.2) is 0 Å². The minimum atomic E-state index is -0.215. The molecule has 0 amide bonds. The minimum absolute atomic E-state index is 0.121. The number of rotatable bonds is 4. The van der Waals surface area contributed by atoms with Crippen LogP contribution in [-0.2, 0) is 0 Å². The van der Waals surface area contributed by atoms with Gasteiger partial charge in [-0.25, -0.2) is 0 Å². The van der Waals surface area contributed by atoms with Gasteiger partial charge in [0.05, 0.1) is 11.8 Å². The van der Waals surface area contributed by atoms with Gasteiger partial charge in [0.25, 0.3) is 0 Å². The summed E-state index contributed by atoms with van der Waals surface area (Å²) in [5, 5.41) is 20.6. The fourth-order valence-corrected chi connectivity index (χ4v) is 1.08. The maximum absolute atomic E-state index is 8.48. The predicted molar refractivity (Wildman–Crippen MR) is 64.5 cm³/mol. The van der Waals surface area contributed by atoms with Crippen LogP contribution >= 0.6 is 0 Å². The molecule has 1 aromatic carbocycles. The summed E-state index contributed by atoms with van der Waals surface area (Å²) in [7, 11) is 0. The zero-order valence-electron chi connectivity index (χ0n) is 9.64. The lowest BCUT2D eigenvalue weighted by Gasteiger charge is -2.09. The molecule has 0 unspecified atom stereocenters. The van der Waals surface area contributed by atoms with E-state index in [1.165, 1.54) is 0 Å². The molecular formula is C12H12N4O. The molecule has 0 aliphatic heterocycles.